The van der Waals surface area contributed by atoms with Crippen molar-refractivity contribution in [2.75, 3.05) is 13.2 Å². The van der Waals surface area contributed by atoms with Gasteiger partial charge in [-0.1, -0.05) is 5.11 Å². The van der Waals surface area contributed by atoms with Gasteiger partial charge in [0.1, 0.15) is 31.0 Å². The largest absolute Gasteiger partial charge is 0.463 e. The monoisotopic (exact) mass is 533 g/mol. The number of rotatable bonds is 8. The number of fused-ring (bicyclic) bond motifs is 2. The summed E-state index contributed by atoms with van der Waals surface area (Å²) in [5, 5.41) is 25.1. The van der Waals surface area contributed by atoms with E-state index in [1.165, 1.54) is 0 Å². The van der Waals surface area contributed by atoms with Crippen LogP contribution >= 0.6 is 0 Å². The van der Waals surface area contributed by atoms with E-state index in [0.717, 1.165) is 27.7 Å². The van der Waals surface area contributed by atoms with Gasteiger partial charge in [0.15, 0.2) is 30.9 Å². The number of ether oxygens (including phenoxy) is 8. The van der Waals surface area contributed by atoms with E-state index in [1.54, 1.807) is 0 Å². The quantitative estimate of drug-likeness (QED) is 0.120. The van der Waals surface area contributed by atoms with Gasteiger partial charge in [0.25, 0.3) is 0 Å². The van der Waals surface area contributed by atoms with Crippen LogP contribution in [0.2, 0.25) is 0 Å². The Morgan fingerprint density at radius 1 is 0.973 bits per heavy atom. The second kappa shape index (κ2) is 11.6. The first kappa shape index (κ1) is 28.5. The first-order chi connectivity index (χ1) is 17.4. The predicted molar refractivity (Wildman–Crippen MR) is 112 cm³/mol. The third-order valence-corrected chi connectivity index (χ3v) is 5.60. The fourth-order valence-electron chi connectivity index (χ4n) is 4.20. The summed E-state index contributed by atoms with van der Waals surface area (Å²) in [6.07, 6.45) is -13.6. The maximum Gasteiger partial charge on any atom is 0.303 e. The van der Waals surface area contributed by atoms with Gasteiger partial charge in [-0.15, -0.1) is 0 Å². The van der Waals surface area contributed by atoms with E-state index in [0.29, 0.717) is 0 Å². The number of esters is 4. The Kier molecular flexibility index (Phi) is 8.91. The fraction of sp³-hybridized carbons (Fsp3) is 0.800. The number of nitrogens with zero attached hydrogens (tertiary/aromatic N) is 3. The van der Waals surface area contributed by atoms with Crippen LogP contribution in [-0.4, -0.2) is 108 Å². The third-order valence-electron chi connectivity index (χ3n) is 5.60. The molecule has 0 radical (unpaired) electrons. The highest BCUT2D eigenvalue weighted by Crippen LogP contribution is 2.40. The highest BCUT2D eigenvalue weighted by molar-refractivity contribution is 5.68. The lowest BCUT2D eigenvalue weighted by Crippen LogP contribution is -2.68. The molecule has 0 saturated carbocycles. The van der Waals surface area contributed by atoms with Crippen LogP contribution in [0.15, 0.2) is 5.11 Å². The fourth-order valence-corrected chi connectivity index (χ4v) is 4.20. The highest BCUT2D eigenvalue weighted by atomic mass is 16.8. The van der Waals surface area contributed by atoms with Gasteiger partial charge >= 0.3 is 23.9 Å². The summed E-state index contributed by atoms with van der Waals surface area (Å²) in [6, 6.07) is 0. The van der Waals surface area contributed by atoms with Gasteiger partial charge < -0.3 is 48.1 Å². The van der Waals surface area contributed by atoms with Crippen molar-refractivity contribution in [2.24, 2.45) is 5.11 Å². The van der Waals surface area contributed by atoms with E-state index in [1.807, 2.05) is 0 Å². The number of carbonyl (C=O) groups is 4. The van der Waals surface area contributed by atoms with Gasteiger partial charge in [-0.25, -0.2) is 0 Å². The molecule has 2 bridgehead atoms. The van der Waals surface area contributed by atoms with Crippen LogP contribution in [0, 0.1) is 0 Å². The van der Waals surface area contributed by atoms with Crippen molar-refractivity contribution < 1.29 is 67.3 Å². The summed E-state index contributed by atoms with van der Waals surface area (Å²) in [7, 11) is 0. The lowest BCUT2D eigenvalue weighted by atomic mass is 9.94. The van der Waals surface area contributed by atoms with E-state index >= 15 is 0 Å². The van der Waals surface area contributed by atoms with Crippen molar-refractivity contribution >= 4 is 23.9 Å². The van der Waals surface area contributed by atoms with Crippen molar-refractivity contribution in [1.82, 2.24) is 0 Å². The summed E-state index contributed by atoms with van der Waals surface area (Å²) in [4.78, 5) is 49.7. The van der Waals surface area contributed by atoms with Crippen molar-refractivity contribution in [1.29, 1.82) is 0 Å². The van der Waals surface area contributed by atoms with E-state index in [4.69, 9.17) is 43.4 Å². The Morgan fingerprint density at radius 2 is 1.57 bits per heavy atom. The molecule has 0 aromatic rings. The normalized spacial score (nSPS) is 38.6. The van der Waals surface area contributed by atoms with Gasteiger partial charge in [0.05, 0.1) is 6.61 Å². The lowest BCUT2D eigenvalue weighted by molar-refractivity contribution is -0.360. The van der Waals surface area contributed by atoms with Crippen LogP contribution < -0.4 is 0 Å². The van der Waals surface area contributed by atoms with Gasteiger partial charge in [0.2, 0.25) is 5.72 Å². The zero-order valence-corrected chi connectivity index (χ0v) is 20.2. The van der Waals surface area contributed by atoms with Crippen molar-refractivity contribution in [2.45, 2.75) is 88.7 Å². The molecule has 37 heavy (non-hydrogen) atoms. The third kappa shape index (κ3) is 6.27. The van der Waals surface area contributed by atoms with Crippen molar-refractivity contribution in [3.05, 3.63) is 10.4 Å². The second-order valence-corrected chi connectivity index (χ2v) is 8.43. The zero-order valence-electron chi connectivity index (χ0n) is 20.2. The summed E-state index contributed by atoms with van der Waals surface area (Å²) in [5.41, 5.74) is 6.40. The lowest BCUT2D eigenvalue weighted by Gasteiger charge is -2.48. The predicted octanol–water partition coefficient (Wildman–Crippen LogP) is -1.43. The van der Waals surface area contributed by atoms with Crippen molar-refractivity contribution in [3.63, 3.8) is 0 Å². The molecule has 3 heterocycles. The van der Waals surface area contributed by atoms with Crippen LogP contribution in [-0.2, 0) is 57.1 Å². The minimum absolute atomic E-state index is 0.173. The van der Waals surface area contributed by atoms with Gasteiger partial charge in [-0.3, -0.25) is 19.2 Å². The molecule has 3 saturated heterocycles. The van der Waals surface area contributed by atoms with Gasteiger partial charge in [-0.2, -0.15) is 0 Å². The number of azide groups is 1. The molecule has 2 N–H and O–H groups in total. The Hall–Kier alpha value is -3.05. The van der Waals surface area contributed by atoms with Crippen molar-refractivity contribution in [3.8, 4) is 0 Å². The molecule has 0 spiro atoms. The molecule has 17 heteroatoms. The molecular weight excluding hydrogens is 506 g/mol. The average molecular weight is 533 g/mol. The van der Waals surface area contributed by atoms with Gasteiger partial charge in [-0.05, 0) is 5.53 Å². The standard InChI is InChI=1S/C20H27N3O14/c1-7(24)30-6-12-14(32-8(2)25)15(33-9(3)26)16(34-10(4)27)18(35-12)37-17-13(28)11-5-31-19(36-11)20(17,29)22-23-21/h11-19,28-29H,5-6H2,1-4H3/t11-,12-,13-,14-,15+,16-,17+,18-,19-,20-/m1/s1. The van der Waals surface area contributed by atoms with E-state index < -0.39 is 91.5 Å². The summed E-state index contributed by atoms with van der Waals surface area (Å²) < 4.78 is 43.0. The summed E-state index contributed by atoms with van der Waals surface area (Å²) >= 11 is 0. The zero-order chi connectivity index (χ0) is 27.5. The minimum atomic E-state index is -2.61. The molecule has 0 amide bonds. The molecule has 10 atom stereocenters. The van der Waals surface area contributed by atoms with Crippen LogP contribution in [0.1, 0.15) is 27.7 Å². The topological polar surface area (TPSA) is 231 Å². The number of hydrogen-bond acceptors (Lipinski definition) is 15. The molecular formula is C20H27N3O14. The molecule has 3 aliphatic heterocycles. The molecule has 17 nitrogen and oxygen atoms in total. The molecule has 0 unspecified atom stereocenters. The van der Waals surface area contributed by atoms with E-state index in [9.17, 15) is 29.4 Å². The maximum absolute atomic E-state index is 12.0. The average Bonchev–Trinajstić information content (AvgIpc) is 3.26. The van der Waals surface area contributed by atoms with Crippen LogP contribution in [0.5, 0.6) is 0 Å². The smallest absolute Gasteiger partial charge is 0.303 e. The van der Waals surface area contributed by atoms with Gasteiger partial charge in [0, 0.05) is 32.6 Å². The van der Waals surface area contributed by atoms with E-state index in [2.05, 4.69) is 10.0 Å². The molecule has 3 aliphatic rings. The first-order valence-electron chi connectivity index (χ1n) is 11.1. The molecule has 0 aliphatic carbocycles. The van der Waals surface area contributed by atoms with Crippen LogP contribution in [0.25, 0.3) is 10.4 Å². The van der Waals surface area contributed by atoms with Crippen LogP contribution in [0.4, 0.5) is 0 Å². The van der Waals surface area contributed by atoms with Crippen LogP contribution in [0.3, 0.4) is 0 Å². The number of aliphatic hydroxyl groups excluding tert-OH is 1. The molecule has 3 rings (SSSR count). The SMILES string of the molecule is CC(=O)OC[C@H]1O[C@H](O[C@H]2[C@H](O)[C@H]3CO[C@H](O3)[C@@]2(O)N=[N+]=[N-])[C@H](OC(C)=O)[C@@H](OC(C)=O)[C@@H]1OC(C)=O. The molecule has 206 valence electrons. The number of hydrogen-bond donors (Lipinski definition) is 2. The Labute approximate surface area is 209 Å². The molecule has 3 fully saturated rings. The Balaban J connectivity index is 2.03. The number of aliphatic hydroxyl groups is 2. The Bertz CT molecular complexity index is 957. The second-order valence-electron chi connectivity index (χ2n) is 8.43. The molecule has 0 aromatic heterocycles. The number of carbonyl (C=O) groups excluding carboxylic acids is 4. The minimum Gasteiger partial charge on any atom is -0.463 e. The molecule has 0 aromatic carbocycles. The maximum atomic E-state index is 12.0. The first-order valence-corrected chi connectivity index (χ1v) is 11.1. The Morgan fingerprint density at radius 3 is 2.14 bits per heavy atom. The summed E-state index contributed by atoms with van der Waals surface area (Å²) in [5.74, 6) is -3.30. The van der Waals surface area contributed by atoms with E-state index in [-0.39, 0.29) is 6.61 Å². The highest BCUT2D eigenvalue weighted by Gasteiger charge is 2.62. The summed E-state index contributed by atoms with van der Waals surface area (Å²) in [6.45, 7) is 3.54.